The van der Waals surface area contributed by atoms with Crippen LogP contribution in [0.25, 0.3) is 0 Å². The predicted molar refractivity (Wildman–Crippen MR) is 91.1 cm³/mol. The molecule has 0 radical (unpaired) electrons. The molecule has 2 aliphatic rings. The second-order valence-electron chi connectivity index (χ2n) is 5.53. The van der Waals surface area contributed by atoms with Crippen LogP contribution < -0.4 is 10.2 Å². The largest absolute Gasteiger partial charge is 0.489 e. The van der Waals surface area contributed by atoms with Crippen molar-refractivity contribution in [3.05, 3.63) is 41.4 Å². The van der Waals surface area contributed by atoms with E-state index < -0.39 is 17.7 Å². The number of fused-ring (bicyclic) bond motifs is 1. The van der Waals surface area contributed by atoms with Gasteiger partial charge >= 0.3 is 5.97 Å². The first-order valence-corrected chi connectivity index (χ1v) is 8.77. The van der Waals surface area contributed by atoms with Crippen LogP contribution in [0.2, 0.25) is 0 Å². The van der Waals surface area contributed by atoms with Gasteiger partial charge in [0.15, 0.2) is 0 Å². The van der Waals surface area contributed by atoms with Crippen LogP contribution >= 0.6 is 11.8 Å². The van der Waals surface area contributed by atoms with Crippen LogP contribution in [0.4, 0.5) is 4.39 Å². The first-order chi connectivity index (χ1) is 13.0. The summed E-state index contributed by atoms with van der Waals surface area (Å²) in [6.07, 6.45) is 0.799. The Bertz CT molecular complexity index is 843. The minimum Gasteiger partial charge on any atom is -0.489 e. The normalized spacial score (nSPS) is 18.8. The van der Waals surface area contributed by atoms with Gasteiger partial charge in [0.05, 0.1) is 11.8 Å². The fourth-order valence-corrected chi connectivity index (χ4v) is 3.77. The second kappa shape index (κ2) is 8.08. The quantitative estimate of drug-likeness (QED) is 0.328. The lowest BCUT2D eigenvalue weighted by atomic mass is 10.1. The highest BCUT2D eigenvalue weighted by Gasteiger charge is 2.46. The molecule has 2 heterocycles. The first kappa shape index (κ1) is 18.7. The van der Waals surface area contributed by atoms with E-state index in [2.05, 4.69) is 9.99 Å². The zero-order chi connectivity index (χ0) is 19.4. The van der Waals surface area contributed by atoms with Gasteiger partial charge in [0.25, 0.3) is 5.91 Å². The lowest BCUT2D eigenvalue weighted by molar-refractivity contribution is -0.157. The molecule has 9 nitrogen and oxygen atoms in total. The molecule has 1 aromatic rings. The van der Waals surface area contributed by atoms with Crippen LogP contribution in [0.15, 0.2) is 40.7 Å². The molecule has 11 heteroatoms. The van der Waals surface area contributed by atoms with Gasteiger partial charge in [-0.1, -0.05) is 11.2 Å². The van der Waals surface area contributed by atoms with Crippen molar-refractivity contribution in [2.75, 3.05) is 12.4 Å². The third-order valence-corrected chi connectivity index (χ3v) is 5.03. The van der Waals surface area contributed by atoms with Crippen LogP contribution in [-0.2, 0) is 19.2 Å². The fraction of sp³-hybridized carbons (Fsp3) is 0.250. The lowest BCUT2D eigenvalue weighted by Gasteiger charge is -2.44. The van der Waals surface area contributed by atoms with Gasteiger partial charge in [0.1, 0.15) is 30.1 Å². The molecule has 1 aromatic carbocycles. The summed E-state index contributed by atoms with van der Waals surface area (Å²) in [5.74, 6) is -1.97. The maximum Gasteiger partial charge on any atom is 0.379 e. The minimum absolute atomic E-state index is 0.0207. The number of hydrogen-bond donors (Lipinski definition) is 2. The van der Waals surface area contributed by atoms with Gasteiger partial charge in [-0.3, -0.25) is 14.5 Å². The Hall–Kier alpha value is -3.08. The molecule has 0 unspecified atom stereocenters. The molecule has 0 saturated carbocycles. The van der Waals surface area contributed by atoms with E-state index in [1.807, 2.05) is 0 Å². The molecule has 0 bridgehead atoms. The Morgan fingerprint density at radius 2 is 2.30 bits per heavy atom. The van der Waals surface area contributed by atoms with E-state index in [0.29, 0.717) is 24.0 Å². The van der Waals surface area contributed by atoms with E-state index in [0.717, 1.165) is 0 Å². The summed E-state index contributed by atoms with van der Waals surface area (Å²) in [5.41, 5.74) is 2.23. The third kappa shape index (κ3) is 4.19. The second-order valence-corrected chi connectivity index (χ2v) is 6.70. The number of halogens is 1. The van der Waals surface area contributed by atoms with Crippen molar-refractivity contribution in [1.82, 2.24) is 10.4 Å². The van der Waals surface area contributed by atoms with Crippen molar-refractivity contribution in [2.45, 2.75) is 11.8 Å². The van der Waals surface area contributed by atoms with Crippen molar-refractivity contribution < 1.29 is 33.6 Å². The van der Waals surface area contributed by atoms with Crippen LogP contribution in [0.3, 0.4) is 0 Å². The number of nitrogens with zero attached hydrogens (tertiary/aromatic N) is 2. The van der Waals surface area contributed by atoms with E-state index >= 15 is 0 Å². The van der Waals surface area contributed by atoms with Crippen molar-refractivity contribution >= 4 is 35.8 Å². The summed E-state index contributed by atoms with van der Waals surface area (Å²) >= 11 is 1.46. The molecule has 142 valence electrons. The molecule has 1 saturated heterocycles. The maximum absolute atomic E-state index is 13.3. The molecule has 0 aromatic heterocycles. The Balaban J connectivity index is 1.77. The van der Waals surface area contributed by atoms with Gasteiger partial charge in [-0.15, -0.1) is 11.8 Å². The van der Waals surface area contributed by atoms with Crippen molar-refractivity contribution in [1.29, 1.82) is 0 Å². The van der Waals surface area contributed by atoms with Gasteiger partial charge in [-0.25, -0.2) is 9.18 Å². The molecule has 0 aliphatic carbocycles. The molecule has 2 amide bonds. The number of amides is 2. The van der Waals surface area contributed by atoms with Gasteiger partial charge in [-0.05, 0) is 12.1 Å². The van der Waals surface area contributed by atoms with Crippen molar-refractivity contribution in [3.8, 4) is 5.75 Å². The summed E-state index contributed by atoms with van der Waals surface area (Å²) in [6, 6.07) is 5.51. The Kier molecular flexibility index (Phi) is 5.60. The highest BCUT2D eigenvalue weighted by Crippen LogP contribution is 2.40. The highest BCUT2D eigenvalue weighted by molar-refractivity contribution is 8.00. The number of hydrogen-bond acceptors (Lipinski definition) is 8. The summed E-state index contributed by atoms with van der Waals surface area (Å²) in [6.45, 7) is -0.0660. The van der Waals surface area contributed by atoms with E-state index in [1.54, 1.807) is 11.5 Å². The number of rotatable bonds is 5. The average molecular weight is 395 g/mol. The summed E-state index contributed by atoms with van der Waals surface area (Å²) in [5, 5.41) is 10.6. The Morgan fingerprint density at radius 3 is 3.00 bits per heavy atom. The van der Waals surface area contributed by atoms with E-state index in [1.165, 1.54) is 34.9 Å². The van der Waals surface area contributed by atoms with Crippen LogP contribution in [0, 0.1) is 5.82 Å². The first-order valence-electron chi connectivity index (χ1n) is 7.72. The smallest absolute Gasteiger partial charge is 0.379 e. The number of carbonyl (C=O) groups excluding carboxylic acids is 3. The summed E-state index contributed by atoms with van der Waals surface area (Å²) in [7, 11) is 0. The molecule has 3 rings (SSSR count). The molecule has 0 spiro atoms. The molecular weight excluding hydrogens is 381 g/mol. The number of oxime groups is 1. The standard InChI is InChI=1S/C16H14FN3O6S/c17-10-2-1-3-11(4-10)25-7-9-8-27-14-5-13(22)20(14)15(9)16(23)26-19-12(21)6-18-24/h1-4,6,14,24H,5,7-8H2,(H,19,21)/t14-/m0/s1. The van der Waals surface area contributed by atoms with E-state index in [9.17, 15) is 18.8 Å². The predicted octanol–water partition coefficient (Wildman–Crippen LogP) is 0.798. The summed E-state index contributed by atoms with van der Waals surface area (Å²) in [4.78, 5) is 41.5. The van der Waals surface area contributed by atoms with E-state index in [-0.39, 0.29) is 29.3 Å². The zero-order valence-corrected chi connectivity index (χ0v) is 14.6. The highest BCUT2D eigenvalue weighted by atomic mass is 32.2. The van der Waals surface area contributed by atoms with E-state index in [4.69, 9.17) is 9.94 Å². The van der Waals surface area contributed by atoms with Gasteiger partial charge in [0.2, 0.25) is 5.91 Å². The van der Waals surface area contributed by atoms with Crippen LogP contribution in [0.1, 0.15) is 6.42 Å². The molecule has 2 N–H and O–H groups in total. The van der Waals surface area contributed by atoms with Crippen LogP contribution in [0.5, 0.6) is 5.75 Å². The topological polar surface area (TPSA) is 118 Å². The third-order valence-electron chi connectivity index (χ3n) is 3.75. The number of β-lactam (4-membered cyclic amide) rings is 1. The fourth-order valence-electron chi connectivity index (χ4n) is 2.53. The number of ether oxygens (including phenoxy) is 1. The van der Waals surface area contributed by atoms with Gasteiger partial charge < -0.3 is 14.8 Å². The van der Waals surface area contributed by atoms with Gasteiger partial charge in [-0.2, -0.15) is 5.48 Å². The Labute approximate surface area is 156 Å². The molecule has 1 atom stereocenters. The molecule has 2 aliphatic heterocycles. The molecule has 1 fully saturated rings. The number of thioether (sulfide) groups is 1. The number of benzene rings is 1. The SMILES string of the molecule is O=C(C=NO)NOC(=O)C1=C(COc2cccc(F)c2)CS[C@H]2CC(=O)N12. The number of nitrogens with one attached hydrogen (secondary N) is 1. The molecular formula is C16H14FN3O6S. The zero-order valence-electron chi connectivity index (χ0n) is 13.8. The molecule has 27 heavy (non-hydrogen) atoms. The monoisotopic (exact) mass is 395 g/mol. The average Bonchev–Trinajstić information content (AvgIpc) is 2.64. The van der Waals surface area contributed by atoms with Crippen molar-refractivity contribution in [3.63, 3.8) is 0 Å². The maximum atomic E-state index is 13.3. The van der Waals surface area contributed by atoms with Crippen LogP contribution in [-0.4, -0.2) is 51.8 Å². The van der Waals surface area contributed by atoms with Gasteiger partial charge in [0, 0.05) is 17.4 Å². The number of hydroxylamine groups is 1. The Morgan fingerprint density at radius 1 is 1.48 bits per heavy atom. The van der Waals surface area contributed by atoms with Crippen molar-refractivity contribution in [2.24, 2.45) is 5.16 Å². The number of carbonyl (C=O) groups is 3. The lowest BCUT2D eigenvalue weighted by Crippen LogP contribution is -2.55. The minimum atomic E-state index is -0.958. The summed E-state index contributed by atoms with van der Waals surface area (Å²) < 4.78 is 18.8.